The van der Waals surface area contributed by atoms with Gasteiger partial charge in [0.1, 0.15) is 17.4 Å². The van der Waals surface area contributed by atoms with Crippen molar-refractivity contribution in [3.8, 4) is 17.9 Å². The number of aromatic nitrogens is 3. The van der Waals surface area contributed by atoms with Crippen LogP contribution in [0.25, 0.3) is 5.65 Å². The summed E-state index contributed by atoms with van der Waals surface area (Å²) < 4.78 is 7.11. The number of benzene rings is 1. The Balaban J connectivity index is 1.81. The lowest BCUT2D eigenvalue weighted by Crippen LogP contribution is -2.32. The van der Waals surface area contributed by atoms with Crippen molar-refractivity contribution in [2.45, 2.75) is 40.0 Å². The molecular formula is C23H24N6O2. The highest BCUT2D eigenvalue weighted by molar-refractivity contribution is 5.93. The van der Waals surface area contributed by atoms with E-state index in [2.05, 4.69) is 22.2 Å². The second-order valence-corrected chi connectivity index (χ2v) is 7.05. The number of aryl methyl sites for hydroxylation is 2. The highest BCUT2D eigenvalue weighted by atomic mass is 16.5. The van der Waals surface area contributed by atoms with Crippen LogP contribution < -0.4 is 9.64 Å². The summed E-state index contributed by atoms with van der Waals surface area (Å²) in [6, 6.07) is 11.5. The van der Waals surface area contributed by atoms with E-state index in [0.717, 1.165) is 28.4 Å². The molecule has 0 unspecified atom stereocenters. The van der Waals surface area contributed by atoms with Gasteiger partial charge in [-0.2, -0.15) is 15.6 Å². The van der Waals surface area contributed by atoms with Gasteiger partial charge >= 0.3 is 0 Å². The maximum absolute atomic E-state index is 13.1. The molecule has 0 spiro atoms. The van der Waals surface area contributed by atoms with Crippen molar-refractivity contribution < 1.29 is 9.53 Å². The fraction of sp³-hybridized carbons (Fsp3) is 0.348. The normalized spacial score (nSPS) is 10.5. The van der Waals surface area contributed by atoms with E-state index in [-0.39, 0.29) is 18.7 Å². The fourth-order valence-corrected chi connectivity index (χ4v) is 3.57. The van der Waals surface area contributed by atoms with Gasteiger partial charge in [-0.3, -0.25) is 4.79 Å². The monoisotopic (exact) mass is 416 g/mol. The van der Waals surface area contributed by atoms with Gasteiger partial charge in [-0.05, 0) is 57.0 Å². The van der Waals surface area contributed by atoms with Crippen LogP contribution in [0.4, 0.5) is 5.69 Å². The number of nitriles is 2. The van der Waals surface area contributed by atoms with E-state index in [1.165, 1.54) is 6.20 Å². The number of ether oxygens (including phenoxy) is 1. The van der Waals surface area contributed by atoms with E-state index < -0.39 is 0 Å². The molecule has 0 saturated carbocycles. The first kappa shape index (κ1) is 21.8. The number of carbonyl (C=O) groups excluding carboxylic acids is 1. The van der Waals surface area contributed by atoms with Gasteiger partial charge in [0.25, 0.3) is 0 Å². The van der Waals surface area contributed by atoms with Gasteiger partial charge in [0, 0.05) is 30.0 Å². The van der Waals surface area contributed by atoms with E-state index in [1.54, 1.807) is 9.42 Å². The standard InChI is InChI=1S/C23H24N6O2/c1-4-31-20-8-6-19(7-9-20)28(13-5-12-24)22(30)11-10-21-16(2)27-23-18(14-25)15-26-29(23)17(21)3/h6-9,15H,4-5,10-11,13H2,1-3H3. The molecule has 158 valence electrons. The molecule has 2 heterocycles. The number of amides is 1. The predicted molar refractivity (Wildman–Crippen MR) is 116 cm³/mol. The smallest absolute Gasteiger partial charge is 0.227 e. The van der Waals surface area contributed by atoms with E-state index in [9.17, 15) is 10.1 Å². The first-order chi connectivity index (χ1) is 15.0. The average molecular weight is 416 g/mol. The molecule has 0 bridgehead atoms. The van der Waals surface area contributed by atoms with Gasteiger partial charge < -0.3 is 9.64 Å². The fourth-order valence-electron chi connectivity index (χ4n) is 3.57. The zero-order valence-corrected chi connectivity index (χ0v) is 17.9. The van der Waals surface area contributed by atoms with Gasteiger partial charge in [0.2, 0.25) is 5.91 Å². The van der Waals surface area contributed by atoms with Crippen LogP contribution in [-0.4, -0.2) is 33.7 Å². The molecule has 1 amide bonds. The van der Waals surface area contributed by atoms with Gasteiger partial charge in [0.15, 0.2) is 5.65 Å². The van der Waals surface area contributed by atoms with Crippen molar-refractivity contribution >= 4 is 17.2 Å². The molecule has 0 aliphatic carbocycles. The van der Waals surface area contributed by atoms with Gasteiger partial charge in [0.05, 0.1) is 25.3 Å². The van der Waals surface area contributed by atoms with Crippen LogP contribution in [0.3, 0.4) is 0 Å². The number of nitrogens with zero attached hydrogens (tertiary/aromatic N) is 6. The molecule has 3 rings (SSSR count). The molecule has 0 atom stereocenters. The van der Waals surface area contributed by atoms with Crippen LogP contribution in [0, 0.1) is 36.5 Å². The number of rotatable bonds is 8. The van der Waals surface area contributed by atoms with Crippen molar-refractivity contribution in [2.75, 3.05) is 18.1 Å². The first-order valence-corrected chi connectivity index (χ1v) is 10.1. The van der Waals surface area contributed by atoms with Crippen LogP contribution >= 0.6 is 0 Å². The highest BCUT2D eigenvalue weighted by Crippen LogP contribution is 2.23. The molecule has 8 heteroatoms. The Morgan fingerprint density at radius 3 is 2.61 bits per heavy atom. The molecule has 1 aromatic carbocycles. The summed E-state index contributed by atoms with van der Waals surface area (Å²) >= 11 is 0. The Kier molecular flexibility index (Phi) is 6.84. The molecule has 0 N–H and O–H groups in total. The summed E-state index contributed by atoms with van der Waals surface area (Å²) in [5.74, 6) is 0.664. The Morgan fingerprint density at radius 1 is 1.23 bits per heavy atom. The van der Waals surface area contributed by atoms with Crippen LogP contribution in [0.1, 0.15) is 42.3 Å². The maximum atomic E-state index is 13.1. The van der Waals surface area contributed by atoms with Crippen molar-refractivity contribution in [3.05, 3.63) is 53.0 Å². The molecule has 2 aromatic heterocycles. The average Bonchev–Trinajstić information content (AvgIpc) is 3.18. The molecule has 0 radical (unpaired) electrons. The zero-order chi connectivity index (χ0) is 22.4. The number of anilines is 1. The Morgan fingerprint density at radius 2 is 1.97 bits per heavy atom. The van der Waals surface area contributed by atoms with Crippen LogP contribution in [0.2, 0.25) is 0 Å². The highest BCUT2D eigenvalue weighted by Gasteiger charge is 2.19. The second kappa shape index (κ2) is 9.73. The Hall–Kier alpha value is -3.91. The summed E-state index contributed by atoms with van der Waals surface area (Å²) in [7, 11) is 0. The van der Waals surface area contributed by atoms with E-state index >= 15 is 0 Å². The molecule has 0 aliphatic heterocycles. The topological polar surface area (TPSA) is 107 Å². The van der Waals surface area contributed by atoms with Gasteiger partial charge in [-0.1, -0.05) is 0 Å². The third-order valence-corrected chi connectivity index (χ3v) is 5.13. The maximum Gasteiger partial charge on any atom is 0.227 e. The minimum atomic E-state index is -0.0727. The number of hydrogen-bond donors (Lipinski definition) is 0. The van der Waals surface area contributed by atoms with E-state index in [1.807, 2.05) is 45.0 Å². The first-order valence-electron chi connectivity index (χ1n) is 10.1. The van der Waals surface area contributed by atoms with Crippen LogP contribution in [-0.2, 0) is 11.2 Å². The number of fused-ring (bicyclic) bond motifs is 1. The van der Waals surface area contributed by atoms with Gasteiger partial charge in [-0.15, -0.1) is 0 Å². The Labute approximate surface area is 181 Å². The quantitative estimate of drug-likeness (QED) is 0.556. The molecule has 0 saturated heterocycles. The molecule has 8 nitrogen and oxygen atoms in total. The SMILES string of the molecule is CCOc1ccc(N(CCC#N)C(=O)CCc2c(C)nc3c(C#N)cnn3c2C)cc1. The van der Waals surface area contributed by atoms with Crippen molar-refractivity contribution in [1.29, 1.82) is 10.5 Å². The number of carbonyl (C=O) groups is 1. The summed E-state index contributed by atoms with van der Waals surface area (Å²) in [6.07, 6.45) is 2.50. The third-order valence-electron chi connectivity index (χ3n) is 5.13. The molecule has 0 fully saturated rings. The van der Waals surface area contributed by atoms with Crippen molar-refractivity contribution in [1.82, 2.24) is 14.6 Å². The third kappa shape index (κ3) is 4.65. The largest absolute Gasteiger partial charge is 0.494 e. The van der Waals surface area contributed by atoms with E-state index in [0.29, 0.717) is 30.8 Å². The predicted octanol–water partition coefficient (Wildman–Crippen LogP) is 3.50. The molecule has 0 aliphatic rings. The second-order valence-electron chi connectivity index (χ2n) is 7.05. The van der Waals surface area contributed by atoms with Crippen molar-refractivity contribution in [3.63, 3.8) is 0 Å². The molecule has 3 aromatic rings. The zero-order valence-electron chi connectivity index (χ0n) is 17.9. The molecular weight excluding hydrogens is 392 g/mol. The van der Waals surface area contributed by atoms with Crippen LogP contribution in [0.15, 0.2) is 30.5 Å². The number of hydrogen-bond acceptors (Lipinski definition) is 6. The molecule has 31 heavy (non-hydrogen) atoms. The van der Waals surface area contributed by atoms with Crippen LogP contribution in [0.5, 0.6) is 5.75 Å². The minimum Gasteiger partial charge on any atom is -0.494 e. The minimum absolute atomic E-state index is 0.0727. The summed E-state index contributed by atoms with van der Waals surface area (Å²) in [4.78, 5) is 19.2. The summed E-state index contributed by atoms with van der Waals surface area (Å²) in [5, 5.41) is 22.5. The van der Waals surface area contributed by atoms with E-state index in [4.69, 9.17) is 10.00 Å². The lowest BCUT2D eigenvalue weighted by molar-refractivity contribution is -0.118. The van der Waals surface area contributed by atoms with Crippen molar-refractivity contribution in [2.24, 2.45) is 0 Å². The lowest BCUT2D eigenvalue weighted by atomic mass is 10.1. The lowest BCUT2D eigenvalue weighted by Gasteiger charge is -2.22. The van der Waals surface area contributed by atoms with Gasteiger partial charge in [-0.25, -0.2) is 9.50 Å². The Bertz CT molecular complexity index is 1170. The summed E-state index contributed by atoms with van der Waals surface area (Å²) in [5.41, 5.74) is 4.25. The summed E-state index contributed by atoms with van der Waals surface area (Å²) in [6.45, 7) is 6.59.